The molecule has 3 atom stereocenters. The molecule has 0 bridgehead atoms. The maximum Gasteiger partial charge on any atom is 0.0597 e. The van der Waals surface area contributed by atoms with Crippen LogP contribution in [0.15, 0.2) is 0 Å². The van der Waals surface area contributed by atoms with E-state index in [2.05, 4.69) is 11.8 Å². The summed E-state index contributed by atoms with van der Waals surface area (Å²) in [5.41, 5.74) is 0. The molecule has 22 heavy (non-hydrogen) atoms. The molecule has 1 heterocycles. The zero-order valence-corrected chi connectivity index (χ0v) is 14.8. The Morgan fingerprint density at radius 3 is 2.41 bits per heavy atom. The summed E-state index contributed by atoms with van der Waals surface area (Å²) in [7, 11) is 0. The molecule has 2 nitrogen and oxygen atoms in total. The van der Waals surface area contributed by atoms with Gasteiger partial charge in [-0.15, -0.1) is 0 Å². The van der Waals surface area contributed by atoms with Crippen LogP contribution in [0.3, 0.4) is 0 Å². The van der Waals surface area contributed by atoms with Crippen LogP contribution in [0.4, 0.5) is 0 Å². The molecule has 1 aliphatic heterocycles. The van der Waals surface area contributed by atoms with Gasteiger partial charge in [-0.1, -0.05) is 39.0 Å². The predicted octanol–water partition coefficient (Wildman–Crippen LogP) is 4.87. The maximum atomic E-state index is 6.21. The normalized spacial score (nSPS) is 35.0. The van der Waals surface area contributed by atoms with Crippen LogP contribution in [0.5, 0.6) is 0 Å². The number of rotatable bonds is 6. The molecule has 3 unspecified atom stereocenters. The molecule has 3 fully saturated rings. The van der Waals surface area contributed by atoms with Gasteiger partial charge in [0.25, 0.3) is 0 Å². The molecular weight excluding hydrogens is 270 g/mol. The van der Waals surface area contributed by atoms with Crippen molar-refractivity contribution in [3.63, 3.8) is 0 Å². The van der Waals surface area contributed by atoms with Gasteiger partial charge >= 0.3 is 0 Å². The fourth-order valence-electron chi connectivity index (χ4n) is 5.12. The second-order valence-corrected chi connectivity index (χ2v) is 8.33. The summed E-state index contributed by atoms with van der Waals surface area (Å²) in [6.07, 6.45) is 16.4. The highest BCUT2D eigenvalue weighted by molar-refractivity contribution is 4.81. The highest BCUT2D eigenvalue weighted by Gasteiger charge is 2.30. The van der Waals surface area contributed by atoms with E-state index >= 15 is 0 Å². The molecule has 1 saturated heterocycles. The van der Waals surface area contributed by atoms with Gasteiger partial charge in [0, 0.05) is 6.54 Å². The lowest BCUT2D eigenvalue weighted by atomic mass is 9.72. The summed E-state index contributed by atoms with van der Waals surface area (Å²) in [6.45, 7) is 7.21. The molecule has 3 rings (SSSR count). The molecular formula is C20H37NO. The molecule has 0 N–H and O–H groups in total. The van der Waals surface area contributed by atoms with E-state index in [4.69, 9.17) is 4.74 Å². The number of hydrogen-bond donors (Lipinski definition) is 0. The fraction of sp³-hybridized carbons (Fsp3) is 1.00. The third-order valence-electron chi connectivity index (χ3n) is 6.62. The van der Waals surface area contributed by atoms with Gasteiger partial charge in [0.15, 0.2) is 0 Å². The van der Waals surface area contributed by atoms with Crippen molar-refractivity contribution in [2.75, 3.05) is 26.2 Å². The van der Waals surface area contributed by atoms with Crippen LogP contribution in [0.25, 0.3) is 0 Å². The summed E-state index contributed by atoms with van der Waals surface area (Å²) in [4.78, 5) is 2.57. The quantitative estimate of drug-likeness (QED) is 0.694. The van der Waals surface area contributed by atoms with Gasteiger partial charge in [0.1, 0.15) is 0 Å². The number of likely N-dealkylation sites (tertiary alicyclic amines) is 1. The van der Waals surface area contributed by atoms with Gasteiger partial charge in [0.05, 0.1) is 12.7 Å². The van der Waals surface area contributed by atoms with Gasteiger partial charge in [-0.3, -0.25) is 0 Å². The second kappa shape index (κ2) is 8.68. The van der Waals surface area contributed by atoms with Crippen LogP contribution in [-0.2, 0) is 4.74 Å². The van der Waals surface area contributed by atoms with Crippen LogP contribution < -0.4 is 0 Å². The van der Waals surface area contributed by atoms with Gasteiger partial charge in [0.2, 0.25) is 0 Å². The van der Waals surface area contributed by atoms with Crippen molar-refractivity contribution in [1.29, 1.82) is 0 Å². The van der Waals surface area contributed by atoms with Crippen molar-refractivity contribution < 1.29 is 4.74 Å². The minimum Gasteiger partial charge on any atom is -0.377 e. The van der Waals surface area contributed by atoms with E-state index in [9.17, 15) is 0 Å². The molecule has 0 aromatic rings. The predicted molar refractivity (Wildman–Crippen MR) is 93.1 cm³/mol. The Balaban J connectivity index is 1.32. The van der Waals surface area contributed by atoms with E-state index < -0.39 is 0 Å². The van der Waals surface area contributed by atoms with Crippen molar-refractivity contribution in [2.24, 2.45) is 17.8 Å². The molecule has 128 valence electrons. The topological polar surface area (TPSA) is 12.5 Å². The fourth-order valence-corrected chi connectivity index (χ4v) is 5.12. The summed E-state index contributed by atoms with van der Waals surface area (Å²) in [6, 6.07) is 0. The van der Waals surface area contributed by atoms with Gasteiger partial charge in [-0.2, -0.15) is 0 Å². The first kappa shape index (κ1) is 16.8. The van der Waals surface area contributed by atoms with E-state index in [1.165, 1.54) is 83.7 Å². The molecule has 2 heteroatoms. The highest BCUT2D eigenvalue weighted by atomic mass is 16.5. The monoisotopic (exact) mass is 307 g/mol. The molecule has 0 spiro atoms. The molecule has 2 aliphatic carbocycles. The zero-order valence-electron chi connectivity index (χ0n) is 14.8. The van der Waals surface area contributed by atoms with E-state index in [0.29, 0.717) is 6.10 Å². The van der Waals surface area contributed by atoms with Crippen LogP contribution in [-0.4, -0.2) is 37.2 Å². The first-order valence-electron chi connectivity index (χ1n) is 10.1. The number of hydrogen-bond acceptors (Lipinski definition) is 2. The van der Waals surface area contributed by atoms with Gasteiger partial charge in [-0.05, 0) is 69.4 Å². The van der Waals surface area contributed by atoms with Crippen molar-refractivity contribution in [1.82, 2.24) is 4.90 Å². The molecule has 0 aromatic heterocycles. The van der Waals surface area contributed by atoms with Crippen molar-refractivity contribution in [3.8, 4) is 0 Å². The Labute approximate surface area is 138 Å². The highest BCUT2D eigenvalue weighted by Crippen LogP contribution is 2.39. The first-order chi connectivity index (χ1) is 10.8. The summed E-state index contributed by atoms with van der Waals surface area (Å²) in [5, 5.41) is 0. The Kier molecular flexibility index (Phi) is 6.62. The minimum absolute atomic E-state index is 0.556. The van der Waals surface area contributed by atoms with Crippen LogP contribution in [0, 0.1) is 17.8 Å². The molecule has 0 radical (unpaired) electrons. The zero-order chi connectivity index (χ0) is 15.2. The average molecular weight is 308 g/mol. The SMILES string of the molecule is CC1CC(OCCN2CCCC2)CCC1CC1CCCCC1. The lowest BCUT2D eigenvalue weighted by Gasteiger charge is -2.37. The van der Waals surface area contributed by atoms with Gasteiger partial charge < -0.3 is 9.64 Å². The third-order valence-corrected chi connectivity index (χ3v) is 6.62. The third kappa shape index (κ3) is 4.96. The van der Waals surface area contributed by atoms with Crippen LogP contribution in [0.2, 0.25) is 0 Å². The smallest absolute Gasteiger partial charge is 0.0597 e. The van der Waals surface area contributed by atoms with Crippen molar-refractivity contribution in [3.05, 3.63) is 0 Å². The largest absolute Gasteiger partial charge is 0.377 e. The standard InChI is InChI=1S/C20H37NO/c1-17-15-20(22-14-13-21-11-5-6-12-21)10-9-19(17)16-18-7-3-2-4-8-18/h17-20H,2-16H2,1H3. The lowest BCUT2D eigenvalue weighted by molar-refractivity contribution is -0.0108. The number of ether oxygens (including phenoxy) is 1. The Bertz CT molecular complexity index is 307. The lowest BCUT2D eigenvalue weighted by Crippen LogP contribution is -2.32. The Morgan fingerprint density at radius 1 is 0.909 bits per heavy atom. The van der Waals surface area contributed by atoms with E-state index in [1.54, 1.807) is 0 Å². The van der Waals surface area contributed by atoms with E-state index in [-0.39, 0.29) is 0 Å². The van der Waals surface area contributed by atoms with Crippen LogP contribution in [0.1, 0.15) is 77.6 Å². The Morgan fingerprint density at radius 2 is 1.68 bits per heavy atom. The minimum atomic E-state index is 0.556. The second-order valence-electron chi connectivity index (χ2n) is 8.33. The molecule has 0 amide bonds. The van der Waals surface area contributed by atoms with E-state index in [1.807, 2.05) is 0 Å². The number of nitrogens with zero attached hydrogens (tertiary/aromatic N) is 1. The Hall–Kier alpha value is -0.0800. The molecule has 0 aromatic carbocycles. The summed E-state index contributed by atoms with van der Waals surface area (Å²) in [5.74, 6) is 2.92. The van der Waals surface area contributed by atoms with Crippen molar-refractivity contribution in [2.45, 2.75) is 83.7 Å². The molecule has 3 aliphatic rings. The van der Waals surface area contributed by atoms with Crippen molar-refractivity contribution >= 4 is 0 Å². The van der Waals surface area contributed by atoms with Crippen LogP contribution >= 0.6 is 0 Å². The van der Waals surface area contributed by atoms with E-state index in [0.717, 1.165) is 30.9 Å². The average Bonchev–Trinajstić information content (AvgIpc) is 3.04. The summed E-state index contributed by atoms with van der Waals surface area (Å²) < 4.78 is 6.21. The maximum absolute atomic E-state index is 6.21. The summed E-state index contributed by atoms with van der Waals surface area (Å²) >= 11 is 0. The first-order valence-corrected chi connectivity index (χ1v) is 10.1. The molecule has 2 saturated carbocycles. The van der Waals surface area contributed by atoms with Gasteiger partial charge in [-0.25, -0.2) is 0 Å².